The number of aliphatic hydroxyl groups excluding tert-OH is 1. The van der Waals surface area contributed by atoms with E-state index in [4.69, 9.17) is 16.1 Å². The summed E-state index contributed by atoms with van der Waals surface area (Å²) in [4.78, 5) is 2.27. The number of anilines is 2. The Balaban J connectivity index is 2.25. The minimum atomic E-state index is 0.206. The van der Waals surface area contributed by atoms with Crippen LogP contribution in [-0.2, 0) is 0 Å². The monoisotopic (exact) mass is 245 g/mol. The molecule has 2 rings (SSSR count). The minimum Gasteiger partial charge on any atom is -0.397 e. The smallest absolute Gasteiger partial charge is 0.0992 e. The fourth-order valence-corrected chi connectivity index (χ4v) is 2.65. The van der Waals surface area contributed by atoms with Crippen molar-refractivity contribution in [1.29, 1.82) is 5.26 Å². The van der Waals surface area contributed by atoms with Crippen LogP contribution in [-0.4, -0.2) is 24.3 Å². The number of nitrogens with two attached hydrogens (primary N) is 1. The summed E-state index contributed by atoms with van der Waals surface area (Å²) in [5, 5.41) is 18.0. The Morgan fingerprint density at radius 3 is 2.94 bits per heavy atom. The molecular formula is C14H19N3O. The Bertz CT molecular complexity index is 451. The van der Waals surface area contributed by atoms with Gasteiger partial charge in [-0.1, -0.05) is 0 Å². The van der Waals surface area contributed by atoms with Crippen molar-refractivity contribution in [2.45, 2.75) is 31.7 Å². The summed E-state index contributed by atoms with van der Waals surface area (Å²) in [5.41, 5.74) is 8.27. The zero-order chi connectivity index (χ0) is 13.0. The lowest BCUT2D eigenvalue weighted by molar-refractivity contribution is 0.262. The number of hydrogen-bond acceptors (Lipinski definition) is 4. The Hall–Kier alpha value is -1.73. The maximum atomic E-state index is 9.13. The molecule has 4 nitrogen and oxygen atoms in total. The van der Waals surface area contributed by atoms with E-state index in [9.17, 15) is 0 Å². The summed E-state index contributed by atoms with van der Waals surface area (Å²) < 4.78 is 0. The fourth-order valence-electron chi connectivity index (χ4n) is 2.65. The SMILES string of the molecule is N#Cc1ccc(N2CCCCC2CCO)c(N)c1. The highest BCUT2D eigenvalue weighted by Crippen LogP contribution is 2.31. The molecule has 1 fully saturated rings. The van der Waals surface area contributed by atoms with E-state index in [1.165, 1.54) is 6.42 Å². The van der Waals surface area contributed by atoms with Crippen molar-refractivity contribution in [3.63, 3.8) is 0 Å². The van der Waals surface area contributed by atoms with Crippen molar-refractivity contribution in [3.05, 3.63) is 23.8 Å². The minimum absolute atomic E-state index is 0.206. The number of benzene rings is 1. The fraction of sp³-hybridized carbons (Fsp3) is 0.500. The van der Waals surface area contributed by atoms with Gasteiger partial charge in [0, 0.05) is 19.2 Å². The third kappa shape index (κ3) is 2.57. The molecule has 1 saturated heterocycles. The first kappa shape index (κ1) is 12.7. The highest BCUT2D eigenvalue weighted by Gasteiger charge is 2.23. The van der Waals surface area contributed by atoms with Crippen molar-refractivity contribution < 1.29 is 5.11 Å². The van der Waals surface area contributed by atoms with Crippen molar-refractivity contribution in [2.24, 2.45) is 0 Å². The molecule has 1 aromatic carbocycles. The van der Waals surface area contributed by atoms with Gasteiger partial charge in [0.2, 0.25) is 0 Å². The standard InChI is InChI=1S/C14H19N3O/c15-10-11-4-5-14(13(16)9-11)17-7-2-1-3-12(17)6-8-18/h4-5,9,12,18H,1-3,6-8,16H2. The maximum absolute atomic E-state index is 9.13. The van der Waals surface area contributed by atoms with Crippen molar-refractivity contribution in [1.82, 2.24) is 0 Å². The molecule has 0 saturated carbocycles. The first-order valence-corrected chi connectivity index (χ1v) is 6.43. The summed E-state index contributed by atoms with van der Waals surface area (Å²) in [5.74, 6) is 0. The van der Waals surface area contributed by atoms with Gasteiger partial charge >= 0.3 is 0 Å². The van der Waals surface area contributed by atoms with Gasteiger partial charge < -0.3 is 15.7 Å². The van der Waals surface area contributed by atoms with E-state index in [1.54, 1.807) is 12.1 Å². The molecule has 0 amide bonds. The molecule has 1 aliphatic heterocycles. The Labute approximate surface area is 108 Å². The average molecular weight is 245 g/mol. The molecule has 0 spiro atoms. The van der Waals surface area contributed by atoms with Crippen LogP contribution >= 0.6 is 0 Å². The normalized spacial score (nSPS) is 19.6. The molecule has 1 aromatic rings. The van der Waals surface area contributed by atoms with Gasteiger partial charge in [-0.05, 0) is 43.9 Å². The number of nitriles is 1. The molecule has 1 aliphatic rings. The van der Waals surface area contributed by atoms with Crippen LogP contribution in [0, 0.1) is 11.3 Å². The molecule has 0 aliphatic carbocycles. The molecule has 96 valence electrons. The molecule has 18 heavy (non-hydrogen) atoms. The molecule has 0 aromatic heterocycles. The van der Waals surface area contributed by atoms with E-state index in [0.717, 1.165) is 31.5 Å². The average Bonchev–Trinajstić information content (AvgIpc) is 2.40. The van der Waals surface area contributed by atoms with Gasteiger partial charge in [0.25, 0.3) is 0 Å². The molecule has 0 bridgehead atoms. The number of hydrogen-bond donors (Lipinski definition) is 2. The number of aliphatic hydroxyl groups is 1. The van der Waals surface area contributed by atoms with Crippen LogP contribution in [0.25, 0.3) is 0 Å². The molecule has 1 atom stereocenters. The van der Waals surface area contributed by atoms with Gasteiger partial charge in [-0.15, -0.1) is 0 Å². The van der Waals surface area contributed by atoms with Crippen LogP contribution in [0.2, 0.25) is 0 Å². The number of nitrogens with zero attached hydrogens (tertiary/aromatic N) is 2. The maximum Gasteiger partial charge on any atom is 0.0992 e. The van der Waals surface area contributed by atoms with E-state index in [0.29, 0.717) is 17.3 Å². The molecule has 3 N–H and O–H groups in total. The lowest BCUT2D eigenvalue weighted by Gasteiger charge is -2.38. The van der Waals surface area contributed by atoms with E-state index < -0.39 is 0 Å². The van der Waals surface area contributed by atoms with Gasteiger partial charge in [0.05, 0.1) is 23.0 Å². The Kier molecular flexibility index (Phi) is 4.06. The summed E-state index contributed by atoms with van der Waals surface area (Å²) in [7, 11) is 0. The van der Waals surface area contributed by atoms with E-state index in [1.807, 2.05) is 6.07 Å². The van der Waals surface area contributed by atoms with Crippen LogP contribution in [0.4, 0.5) is 11.4 Å². The lowest BCUT2D eigenvalue weighted by atomic mass is 9.98. The van der Waals surface area contributed by atoms with Crippen LogP contribution in [0.5, 0.6) is 0 Å². The summed E-state index contributed by atoms with van der Waals surface area (Å²) >= 11 is 0. The first-order chi connectivity index (χ1) is 8.76. The van der Waals surface area contributed by atoms with Gasteiger partial charge in [0.15, 0.2) is 0 Å². The highest BCUT2D eigenvalue weighted by atomic mass is 16.3. The first-order valence-electron chi connectivity index (χ1n) is 6.43. The third-order valence-electron chi connectivity index (χ3n) is 3.56. The highest BCUT2D eigenvalue weighted by molar-refractivity contribution is 5.70. The third-order valence-corrected chi connectivity index (χ3v) is 3.56. The summed E-state index contributed by atoms with van der Waals surface area (Å²) in [6.07, 6.45) is 4.23. The molecular weight excluding hydrogens is 226 g/mol. The van der Waals surface area contributed by atoms with Crippen LogP contribution in [0.15, 0.2) is 18.2 Å². The number of piperidine rings is 1. The summed E-state index contributed by atoms with van der Waals surface area (Å²) in [6.45, 7) is 1.18. The Morgan fingerprint density at radius 1 is 1.44 bits per heavy atom. The van der Waals surface area contributed by atoms with Crippen LogP contribution in [0.1, 0.15) is 31.2 Å². The van der Waals surface area contributed by atoms with E-state index in [-0.39, 0.29) is 6.61 Å². The van der Waals surface area contributed by atoms with Crippen molar-refractivity contribution >= 4 is 11.4 Å². The van der Waals surface area contributed by atoms with Crippen LogP contribution < -0.4 is 10.6 Å². The van der Waals surface area contributed by atoms with Crippen molar-refractivity contribution in [2.75, 3.05) is 23.8 Å². The lowest BCUT2D eigenvalue weighted by Crippen LogP contribution is -2.40. The van der Waals surface area contributed by atoms with Gasteiger partial charge in [-0.2, -0.15) is 5.26 Å². The quantitative estimate of drug-likeness (QED) is 0.797. The summed E-state index contributed by atoms with van der Waals surface area (Å²) in [6, 6.07) is 7.90. The predicted molar refractivity (Wildman–Crippen MR) is 72.3 cm³/mol. The van der Waals surface area contributed by atoms with Gasteiger partial charge in [-0.3, -0.25) is 0 Å². The van der Waals surface area contributed by atoms with Crippen LogP contribution in [0.3, 0.4) is 0 Å². The number of nitrogen functional groups attached to an aromatic ring is 1. The van der Waals surface area contributed by atoms with Gasteiger partial charge in [0.1, 0.15) is 0 Å². The zero-order valence-corrected chi connectivity index (χ0v) is 10.5. The second-order valence-corrected chi connectivity index (χ2v) is 4.74. The molecule has 1 heterocycles. The second-order valence-electron chi connectivity index (χ2n) is 4.74. The molecule has 0 radical (unpaired) electrons. The molecule has 1 unspecified atom stereocenters. The molecule has 4 heteroatoms. The van der Waals surface area contributed by atoms with E-state index >= 15 is 0 Å². The van der Waals surface area contributed by atoms with Gasteiger partial charge in [-0.25, -0.2) is 0 Å². The number of rotatable bonds is 3. The predicted octanol–water partition coefficient (Wildman–Crippen LogP) is 1.88. The van der Waals surface area contributed by atoms with E-state index in [2.05, 4.69) is 11.0 Å². The van der Waals surface area contributed by atoms with Crippen molar-refractivity contribution in [3.8, 4) is 6.07 Å². The topological polar surface area (TPSA) is 73.3 Å². The Morgan fingerprint density at radius 2 is 2.28 bits per heavy atom. The zero-order valence-electron chi connectivity index (χ0n) is 10.5. The second kappa shape index (κ2) is 5.74. The largest absolute Gasteiger partial charge is 0.397 e.